The number of fused-ring (bicyclic) bond motifs is 2. The van der Waals surface area contributed by atoms with Crippen LogP contribution in [0.25, 0.3) is 11.3 Å². The summed E-state index contributed by atoms with van der Waals surface area (Å²) in [7, 11) is -9.88. The Balaban J connectivity index is 1.74. The number of carboxylic acid groups (broad SMARTS) is 1. The fraction of sp³-hybridized carbons (Fsp3) is 0.280. The number of rotatable bonds is 8. The zero-order valence-electron chi connectivity index (χ0n) is 23.3. The van der Waals surface area contributed by atoms with Crippen molar-refractivity contribution in [1.29, 1.82) is 0 Å². The molecule has 0 spiro atoms. The number of halogens is 2. The van der Waals surface area contributed by atoms with E-state index < -0.39 is 54.4 Å². The van der Waals surface area contributed by atoms with E-state index in [2.05, 4.69) is 10.3 Å². The molecule has 0 aliphatic carbocycles. The second-order valence-electron chi connectivity index (χ2n) is 10.4. The maximum Gasteiger partial charge on any atom is 0.737 e. The van der Waals surface area contributed by atoms with Gasteiger partial charge in [-0.1, -0.05) is 17.3 Å². The van der Waals surface area contributed by atoms with Crippen molar-refractivity contribution in [3.05, 3.63) is 74.8 Å². The first-order valence-corrected chi connectivity index (χ1v) is 15.8. The zero-order chi connectivity index (χ0) is 31.8. The molecule has 228 valence electrons. The van der Waals surface area contributed by atoms with E-state index in [1.165, 1.54) is 18.5 Å². The van der Waals surface area contributed by atoms with Gasteiger partial charge in [0.05, 0.1) is 23.2 Å². The van der Waals surface area contributed by atoms with E-state index in [1.807, 2.05) is 0 Å². The van der Waals surface area contributed by atoms with E-state index in [4.69, 9.17) is 5.11 Å². The fourth-order valence-corrected chi connectivity index (χ4v) is 7.98. The molecule has 0 saturated heterocycles. The lowest BCUT2D eigenvalue weighted by molar-refractivity contribution is -0.363. The molecule has 0 unspecified atom stereocenters. The summed E-state index contributed by atoms with van der Waals surface area (Å²) in [5.41, 5.74) is -0.285. The van der Waals surface area contributed by atoms with Gasteiger partial charge >= 0.3 is 23.1 Å². The molecule has 5 rings (SSSR count). The van der Waals surface area contributed by atoms with E-state index in [0.29, 0.717) is 38.8 Å². The van der Waals surface area contributed by atoms with Gasteiger partial charge in [-0.15, -0.1) is 5.10 Å². The number of nitrogens with zero attached hydrogens (tertiary/aromatic N) is 5. The van der Waals surface area contributed by atoms with E-state index in [1.54, 1.807) is 30.5 Å². The predicted octanol–water partition coefficient (Wildman–Crippen LogP) is 2.98. The first-order chi connectivity index (χ1) is 19.9. The summed E-state index contributed by atoms with van der Waals surface area (Å²) < 4.78 is 104. The Kier molecular flexibility index (Phi) is 7.11. The molecule has 13 nitrogen and oxygen atoms in total. The van der Waals surface area contributed by atoms with Gasteiger partial charge in [0.25, 0.3) is 10.1 Å². The smallest absolute Gasteiger partial charge is 0.481 e. The minimum Gasteiger partial charge on any atom is -0.481 e. The van der Waals surface area contributed by atoms with E-state index >= 15 is 8.63 Å². The number of hydrogen-bond donors (Lipinski definition) is 3. The summed E-state index contributed by atoms with van der Waals surface area (Å²) in [6.45, 7) is -0.116. The van der Waals surface area contributed by atoms with Crippen LogP contribution in [-0.4, -0.2) is 73.7 Å². The summed E-state index contributed by atoms with van der Waals surface area (Å²) in [5, 5.41) is 16.9. The van der Waals surface area contributed by atoms with Gasteiger partial charge < -0.3 is 22.7 Å². The highest BCUT2D eigenvalue weighted by Gasteiger charge is 2.58. The van der Waals surface area contributed by atoms with Crippen LogP contribution in [0.3, 0.4) is 0 Å². The number of benzene rings is 1. The fourth-order valence-electron chi connectivity index (χ4n) is 6.07. The molecule has 0 fully saturated rings. The second-order valence-corrected chi connectivity index (χ2v) is 13.1. The summed E-state index contributed by atoms with van der Waals surface area (Å²) in [6, 6.07) is 6.28. The standard InChI is InChI=1S/C25H26BF2N5O8S2/c1-13-22-21(17-8-10-19(11-9-17)31-12-18(29-30-31)6-5-7-20(34)35)23-14(2)25(43(39,40)41)16(4)33(23)26(27,28)32(22)15(3)24(13)42(36,37)38/h8-12H,5-7H2,1-4H3,(H,34,35)(H,36,37,38)(H,39,40,41). The average Bonchev–Trinajstić information content (AvgIpc) is 3.52. The average molecular weight is 637 g/mol. The molecule has 2 aliphatic heterocycles. The highest BCUT2D eigenvalue weighted by molar-refractivity contribution is 7.91. The Labute approximate surface area is 245 Å². The summed E-state index contributed by atoms with van der Waals surface area (Å²) >= 11 is 0. The molecule has 3 N–H and O–H groups in total. The van der Waals surface area contributed by atoms with Gasteiger partial charge in [-0.3, -0.25) is 13.9 Å². The quantitative estimate of drug-likeness (QED) is 0.245. The summed E-state index contributed by atoms with van der Waals surface area (Å²) in [5.74, 6) is -0.928. The Bertz CT molecular complexity index is 2040. The number of aryl methyl sites for hydroxylation is 1. The van der Waals surface area contributed by atoms with E-state index in [0.717, 1.165) is 13.8 Å². The van der Waals surface area contributed by atoms with Gasteiger partial charge in [-0.25, -0.2) is 4.68 Å². The van der Waals surface area contributed by atoms with Gasteiger partial charge in [0.1, 0.15) is 4.90 Å². The highest BCUT2D eigenvalue weighted by atomic mass is 32.2. The van der Waals surface area contributed by atoms with Crippen LogP contribution >= 0.6 is 0 Å². The normalized spacial score (nSPS) is 16.7. The molecule has 2 aliphatic rings. The van der Waals surface area contributed by atoms with Crippen LogP contribution in [-0.2, 0) is 31.5 Å². The first-order valence-electron chi connectivity index (χ1n) is 12.9. The first kappa shape index (κ1) is 30.5. The molecule has 18 heteroatoms. The highest BCUT2D eigenvalue weighted by Crippen LogP contribution is 2.48. The van der Waals surface area contributed by atoms with Crippen molar-refractivity contribution in [2.75, 3.05) is 0 Å². The molecule has 0 amide bonds. The molecule has 0 bridgehead atoms. The van der Waals surface area contributed by atoms with Crippen molar-refractivity contribution in [3.63, 3.8) is 0 Å². The molecule has 1 aromatic carbocycles. The lowest BCUT2D eigenvalue weighted by atomic mass is 9.84. The van der Waals surface area contributed by atoms with Crippen LogP contribution in [0.2, 0.25) is 0 Å². The molecule has 4 heterocycles. The van der Waals surface area contributed by atoms with Crippen molar-refractivity contribution in [2.24, 2.45) is 0 Å². The lowest BCUT2D eigenvalue weighted by Crippen LogP contribution is -2.51. The van der Waals surface area contributed by atoms with Crippen molar-refractivity contribution in [3.8, 4) is 5.69 Å². The monoisotopic (exact) mass is 637 g/mol. The zero-order valence-corrected chi connectivity index (χ0v) is 24.9. The van der Waals surface area contributed by atoms with Crippen LogP contribution < -0.4 is 0 Å². The number of allylic oxidation sites excluding steroid dienone is 2. The molecule has 43 heavy (non-hydrogen) atoms. The summed E-state index contributed by atoms with van der Waals surface area (Å²) in [6.07, 6.45) is 2.34. The Morgan fingerprint density at radius 3 is 2.21 bits per heavy atom. The third-order valence-corrected chi connectivity index (χ3v) is 9.88. The van der Waals surface area contributed by atoms with Crippen molar-refractivity contribution < 1.29 is 49.0 Å². The van der Waals surface area contributed by atoms with Gasteiger partial charge in [0.2, 0.25) is 0 Å². The van der Waals surface area contributed by atoms with Crippen LogP contribution in [0, 0.1) is 13.8 Å². The topological polar surface area (TPSA) is 185 Å². The Morgan fingerprint density at radius 2 is 1.65 bits per heavy atom. The molecule has 0 saturated carbocycles. The van der Waals surface area contributed by atoms with Gasteiger partial charge in [0, 0.05) is 30.3 Å². The third kappa shape index (κ3) is 4.83. The predicted molar refractivity (Wildman–Crippen MR) is 150 cm³/mol. The number of carbonyl (C=O) groups is 1. The van der Waals surface area contributed by atoms with Crippen LogP contribution in [0.4, 0.5) is 8.63 Å². The molecule has 0 radical (unpaired) electrons. The van der Waals surface area contributed by atoms with Crippen LogP contribution in [0.15, 0.2) is 51.5 Å². The third-order valence-electron chi connectivity index (χ3n) is 7.65. The molecule has 0 atom stereocenters. The van der Waals surface area contributed by atoms with Crippen molar-refractivity contribution >= 4 is 44.5 Å². The second kappa shape index (κ2) is 10.0. The molecule has 2 aromatic heterocycles. The van der Waals surface area contributed by atoms with Crippen LogP contribution in [0.1, 0.15) is 54.9 Å². The van der Waals surface area contributed by atoms with Gasteiger partial charge in [0.15, 0.2) is 16.3 Å². The number of hydrogen-bond acceptors (Lipinski definition) is 7. The Morgan fingerprint density at radius 1 is 1.02 bits per heavy atom. The van der Waals surface area contributed by atoms with Crippen LogP contribution in [0.5, 0.6) is 0 Å². The maximum absolute atomic E-state index is 16.4. The number of aromatic nitrogens is 4. The van der Waals surface area contributed by atoms with Gasteiger partial charge in [-0.05, 0) is 56.9 Å². The maximum atomic E-state index is 16.4. The largest absolute Gasteiger partial charge is 0.737 e. The molecular formula is C25H26BF2N5O8S2. The molecular weight excluding hydrogens is 611 g/mol. The number of aliphatic carboxylic acids is 1. The van der Waals surface area contributed by atoms with Gasteiger partial charge in [-0.2, -0.15) is 16.8 Å². The minimum atomic E-state index is -4.94. The van der Waals surface area contributed by atoms with Crippen molar-refractivity contribution in [2.45, 2.75) is 51.9 Å². The number of carboxylic acids is 1. The van der Waals surface area contributed by atoms with E-state index in [9.17, 15) is 30.7 Å². The van der Waals surface area contributed by atoms with Crippen molar-refractivity contribution in [1.82, 2.24) is 19.5 Å². The molecule has 3 aromatic rings. The lowest BCUT2D eigenvalue weighted by Gasteiger charge is -2.33. The minimum absolute atomic E-state index is 0.0275. The summed E-state index contributed by atoms with van der Waals surface area (Å²) in [4.78, 5) is 9.40. The Hall–Kier alpha value is -4.00. The van der Waals surface area contributed by atoms with E-state index in [-0.39, 0.29) is 34.5 Å². The SMILES string of the molecule is CC1=C(S(=O)(=O)O)C(C)=[N+]2C1=C(c1ccc(-n3cc(CCCC(=O)O)nn3)cc1)c1c(C)c(S(=O)(=O)O)c(C)n1[B-]2(F)F.